The molecule has 2 amide bonds. The van der Waals surface area contributed by atoms with E-state index in [2.05, 4.69) is 5.32 Å². The Balaban J connectivity index is 1.59. The fraction of sp³-hybridized carbons (Fsp3) is 0.346. The molecule has 1 aliphatic rings. The van der Waals surface area contributed by atoms with Gasteiger partial charge in [0, 0.05) is 18.7 Å². The van der Waals surface area contributed by atoms with Crippen molar-refractivity contribution < 1.29 is 38.7 Å². The van der Waals surface area contributed by atoms with Crippen molar-refractivity contribution >= 4 is 29.7 Å². The zero-order chi connectivity index (χ0) is 26.9. The number of hydrogen-bond acceptors (Lipinski definition) is 9. The van der Waals surface area contributed by atoms with E-state index < -0.39 is 41.9 Å². The minimum Gasteiger partial charge on any atom is -0.390 e. The Morgan fingerprint density at radius 3 is 2.08 bits per heavy atom. The van der Waals surface area contributed by atoms with E-state index in [1.54, 1.807) is 50.2 Å². The van der Waals surface area contributed by atoms with Crippen LogP contribution in [0, 0.1) is 5.92 Å². The first kappa shape index (κ1) is 27.5. The van der Waals surface area contributed by atoms with Gasteiger partial charge in [-0.2, -0.15) is 0 Å². The van der Waals surface area contributed by atoms with Crippen molar-refractivity contribution in [2.24, 2.45) is 5.92 Å². The number of hydrogen-bond donors (Lipinski definition) is 2. The lowest BCUT2D eigenvalue weighted by Gasteiger charge is -2.29. The number of rotatable bonds is 7. The average molecular weight is 512 g/mol. The minimum absolute atomic E-state index is 0.0262. The predicted octanol–water partition coefficient (Wildman–Crippen LogP) is 1.42. The van der Waals surface area contributed by atoms with Crippen LogP contribution < -0.4 is 5.32 Å². The maximum absolute atomic E-state index is 13.2. The molecule has 1 fully saturated rings. The van der Waals surface area contributed by atoms with Gasteiger partial charge in [-0.3, -0.25) is 9.59 Å². The molecule has 2 N–H and O–H groups in total. The minimum atomic E-state index is -1.11. The number of nitrogens with zero attached hydrogens (tertiary/aromatic N) is 2. The quantitative estimate of drug-likeness (QED) is 0.244. The van der Waals surface area contributed by atoms with Gasteiger partial charge >= 0.3 is 18.0 Å². The predicted molar refractivity (Wildman–Crippen MR) is 130 cm³/mol. The van der Waals surface area contributed by atoms with Crippen LogP contribution in [0.3, 0.4) is 0 Å². The van der Waals surface area contributed by atoms with E-state index in [0.29, 0.717) is 0 Å². The van der Waals surface area contributed by atoms with Crippen LogP contribution in [0.4, 0.5) is 4.79 Å². The molecule has 2 unspecified atom stereocenters. The second kappa shape index (κ2) is 12.7. The number of esters is 1. The Kier molecular flexibility index (Phi) is 9.47. The molecule has 2 aromatic carbocycles. The number of ketones is 1. The molecule has 2 atom stereocenters. The van der Waals surface area contributed by atoms with Crippen LogP contribution in [0.15, 0.2) is 60.7 Å². The number of carbonyl (C=O) groups is 5. The van der Waals surface area contributed by atoms with Gasteiger partial charge in [-0.05, 0) is 18.1 Å². The highest BCUT2D eigenvalue weighted by Crippen LogP contribution is 2.13. The molecule has 11 heteroatoms. The van der Waals surface area contributed by atoms with Crippen LogP contribution >= 0.6 is 0 Å². The molecule has 0 aliphatic carbocycles. The summed E-state index contributed by atoms with van der Waals surface area (Å²) in [5, 5.41) is 14.0. The number of nitrogens with one attached hydrogen (secondary N) is 1. The SMILES string of the molecule is CC(C)C(NC(=O)OC(=O)c1ccccc1)C(=O)N1CCN(OC(=O)C(=O)c2ccccc2)CC(O)C1. The summed E-state index contributed by atoms with van der Waals surface area (Å²) in [4.78, 5) is 68.8. The summed E-state index contributed by atoms with van der Waals surface area (Å²) >= 11 is 0. The first-order valence-electron chi connectivity index (χ1n) is 11.8. The molecule has 196 valence electrons. The van der Waals surface area contributed by atoms with Crippen LogP contribution in [0.5, 0.6) is 0 Å². The summed E-state index contributed by atoms with van der Waals surface area (Å²) in [6.45, 7) is 3.27. The molecule has 3 rings (SSSR count). The fourth-order valence-electron chi connectivity index (χ4n) is 3.70. The highest BCUT2D eigenvalue weighted by atomic mass is 16.7. The molecule has 0 radical (unpaired) electrons. The molecule has 37 heavy (non-hydrogen) atoms. The molecule has 11 nitrogen and oxygen atoms in total. The number of amides is 2. The van der Waals surface area contributed by atoms with Gasteiger partial charge in [0.1, 0.15) is 6.04 Å². The number of carbonyl (C=O) groups excluding carboxylic acids is 5. The number of alkyl carbamates (subject to hydrolysis) is 1. The van der Waals surface area contributed by atoms with E-state index in [0.717, 1.165) is 5.06 Å². The van der Waals surface area contributed by atoms with Crippen molar-refractivity contribution in [1.82, 2.24) is 15.3 Å². The lowest BCUT2D eigenvalue weighted by Crippen LogP contribution is -2.53. The molecular weight excluding hydrogens is 482 g/mol. The molecule has 0 spiro atoms. The molecule has 1 aliphatic heterocycles. The largest absolute Gasteiger partial charge is 0.415 e. The van der Waals surface area contributed by atoms with Crippen molar-refractivity contribution in [3.63, 3.8) is 0 Å². The highest BCUT2D eigenvalue weighted by Gasteiger charge is 2.34. The summed E-state index contributed by atoms with van der Waals surface area (Å²) in [5.74, 6) is -3.68. The summed E-state index contributed by atoms with van der Waals surface area (Å²) in [6, 6.07) is 14.8. The van der Waals surface area contributed by atoms with E-state index in [-0.39, 0.29) is 43.2 Å². The number of ether oxygens (including phenoxy) is 1. The lowest BCUT2D eigenvalue weighted by molar-refractivity contribution is -0.186. The number of hydroxylamine groups is 2. The fourth-order valence-corrected chi connectivity index (χ4v) is 3.70. The van der Waals surface area contributed by atoms with Gasteiger partial charge in [0.15, 0.2) is 0 Å². The first-order valence-corrected chi connectivity index (χ1v) is 11.8. The first-order chi connectivity index (χ1) is 17.7. The maximum Gasteiger partial charge on any atom is 0.415 e. The third kappa shape index (κ3) is 7.69. The average Bonchev–Trinajstić information content (AvgIpc) is 3.07. The Bertz CT molecular complexity index is 1120. The van der Waals surface area contributed by atoms with Crippen LogP contribution in [0.25, 0.3) is 0 Å². The Hall–Kier alpha value is -4.09. The second-order valence-corrected chi connectivity index (χ2v) is 8.81. The summed E-state index contributed by atoms with van der Waals surface area (Å²) in [5.41, 5.74) is 0.351. The third-order valence-corrected chi connectivity index (χ3v) is 5.61. The zero-order valence-electron chi connectivity index (χ0n) is 20.5. The number of Topliss-reactive ketones (excluding diaryl/α,β-unsaturated/α-hetero) is 1. The van der Waals surface area contributed by atoms with Crippen LogP contribution in [-0.2, 0) is 19.2 Å². The Labute approximate surface area is 213 Å². The normalized spacial score (nSPS) is 16.9. The van der Waals surface area contributed by atoms with E-state index in [1.807, 2.05) is 0 Å². The molecule has 1 saturated heterocycles. The summed E-state index contributed by atoms with van der Waals surface area (Å²) < 4.78 is 4.81. The molecule has 2 aromatic rings. The van der Waals surface area contributed by atoms with E-state index in [9.17, 15) is 29.1 Å². The van der Waals surface area contributed by atoms with Crippen molar-refractivity contribution in [3.05, 3.63) is 71.8 Å². The second-order valence-electron chi connectivity index (χ2n) is 8.81. The van der Waals surface area contributed by atoms with Crippen LogP contribution in [-0.4, -0.2) is 83.1 Å². The topological polar surface area (TPSA) is 143 Å². The molecule has 0 aromatic heterocycles. The van der Waals surface area contributed by atoms with Gasteiger partial charge in [-0.1, -0.05) is 62.4 Å². The van der Waals surface area contributed by atoms with Crippen LogP contribution in [0.1, 0.15) is 34.6 Å². The highest BCUT2D eigenvalue weighted by molar-refractivity contribution is 6.40. The number of aliphatic hydroxyl groups excluding tert-OH is 1. The Morgan fingerprint density at radius 1 is 0.892 bits per heavy atom. The van der Waals surface area contributed by atoms with Crippen LogP contribution in [0.2, 0.25) is 0 Å². The van der Waals surface area contributed by atoms with E-state index >= 15 is 0 Å². The van der Waals surface area contributed by atoms with E-state index in [4.69, 9.17) is 9.57 Å². The van der Waals surface area contributed by atoms with Gasteiger partial charge < -0.3 is 24.9 Å². The summed E-state index contributed by atoms with van der Waals surface area (Å²) in [6.07, 6.45) is -2.17. The van der Waals surface area contributed by atoms with Gasteiger partial charge in [-0.15, -0.1) is 5.06 Å². The van der Waals surface area contributed by atoms with Crippen molar-refractivity contribution in [1.29, 1.82) is 0 Å². The van der Waals surface area contributed by atoms with Crippen molar-refractivity contribution in [3.8, 4) is 0 Å². The maximum atomic E-state index is 13.2. The van der Waals surface area contributed by atoms with Gasteiger partial charge in [-0.25, -0.2) is 14.4 Å². The lowest BCUT2D eigenvalue weighted by atomic mass is 10.0. The third-order valence-electron chi connectivity index (χ3n) is 5.61. The zero-order valence-corrected chi connectivity index (χ0v) is 20.5. The number of aliphatic hydroxyl groups is 1. The Morgan fingerprint density at radius 2 is 1.49 bits per heavy atom. The van der Waals surface area contributed by atoms with Crippen molar-refractivity contribution in [2.45, 2.75) is 26.0 Å². The smallest absolute Gasteiger partial charge is 0.390 e. The van der Waals surface area contributed by atoms with Crippen molar-refractivity contribution in [2.75, 3.05) is 26.2 Å². The molecule has 0 saturated carbocycles. The number of benzene rings is 2. The molecule has 0 bridgehead atoms. The number of β-amino-alcohol motifs (C(OH)–C–C–N with tert-alkyl or cyclic N) is 1. The van der Waals surface area contributed by atoms with Gasteiger partial charge in [0.05, 0.1) is 24.8 Å². The van der Waals surface area contributed by atoms with Gasteiger partial charge in [0.25, 0.3) is 5.78 Å². The molecular formula is C26H29N3O8. The standard InChI is InChI=1S/C26H29N3O8/c1-17(2)21(27-26(35)36-24(33)19-11-7-4-8-12-19)23(32)28-13-14-29(16-20(30)15-28)37-25(34)22(31)18-9-5-3-6-10-18/h3-12,17,20-21,30H,13-16H2,1-2H3,(H,27,35). The van der Waals surface area contributed by atoms with E-state index in [1.165, 1.54) is 29.2 Å². The monoisotopic (exact) mass is 511 g/mol. The molecule has 1 heterocycles. The van der Waals surface area contributed by atoms with Gasteiger partial charge in [0.2, 0.25) is 5.91 Å². The summed E-state index contributed by atoms with van der Waals surface area (Å²) in [7, 11) is 0.